The third-order valence-corrected chi connectivity index (χ3v) is 5.36. The maximum Gasteiger partial charge on any atom is 0.284 e. The minimum absolute atomic E-state index is 0.226. The van der Waals surface area contributed by atoms with Crippen molar-refractivity contribution in [1.82, 2.24) is 24.8 Å². The van der Waals surface area contributed by atoms with Gasteiger partial charge >= 0.3 is 0 Å². The number of aromatic nitrogens is 5. The summed E-state index contributed by atoms with van der Waals surface area (Å²) in [6, 6.07) is 19.0. The Bertz CT molecular complexity index is 1310. The Morgan fingerprint density at radius 2 is 1.93 bits per heavy atom. The van der Waals surface area contributed by atoms with Gasteiger partial charge in [-0.05, 0) is 43.3 Å². The van der Waals surface area contributed by atoms with Gasteiger partial charge in [-0.3, -0.25) is 4.79 Å². The minimum atomic E-state index is -0.226. The van der Waals surface area contributed by atoms with Crippen LogP contribution >= 0.6 is 11.3 Å². The van der Waals surface area contributed by atoms with Crippen molar-refractivity contribution in [2.45, 2.75) is 6.92 Å². The number of benzene rings is 2. The van der Waals surface area contributed by atoms with Gasteiger partial charge in [0.05, 0.1) is 15.9 Å². The van der Waals surface area contributed by atoms with Gasteiger partial charge in [0, 0.05) is 11.3 Å². The smallest absolute Gasteiger partial charge is 0.284 e. The fourth-order valence-corrected chi connectivity index (χ4v) is 3.82. The molecule has 136 valence electrons. The van der Waals surface area contributed by atoms with E-state index >= 15 is 0 Å². The van der Waals surface area contributed by atoms with Gasteiger partial charge in [0.1, 0.15) is 0 Å². The van der Waals surface area contributed by atoms with Crippen molar-refractivity contribution in [3.05, 3.63) is 71.5 Å². The number of fused-ring (bicyclic) bond motifs is 2. The van der Waals surface area contributed by atoms with Crippen LogP contribution in [0, 0.1) is 6.92 Å². The summed E-state index contributed by atoms with van der Waals surface area (Å²) in [5.74, 6) is 0.494. The first-order valence-electron chi connectivity index (χ1n) is 8.64. The molecule has 28 heavy (non-hydrogen) atoms. The molecule has 0 radical (unpaired) electrons. The zero-order valence-electron chi connectivity index (χ0n) is 14.8. The summed E-state index contributed by atoms with van der Waals surface area (Å²) in [4.78, 5) is 17.0. The quantitative estimate of drug-likeness (QED) is 0.507. The van der Waals surface area contributed by atoms with Crippen molar-refractivity contribution < 1.29 is 4.79 Å². The predicted octanol–water partition coefficient (Wildman–Crippen LogP) is 3.96. The largest absolute Gasteiger partial charge is 0.320 e. The van der Waals surface area contributed by atoms with Gasteiger partial charge in [0.25, 0.3) is 5.91 Å². The van der Waals surface area contributed by atoms with Gasteiger partial charge in [0.2, 0.25) is 0 Å². The van der Waals surface area contributed by atoms with Crippen LogP contribution in [0.2, 0.25) is 0 Å². The van der Waals surface area contributed by atoms with E-state index in [4.69, 9.17) is 0 Å². The number of nitrogens with one attached hydrogen (secondary N) is 1. The molecule has 7 nitrogen and oxygen atoms in total. The Balaban J connectivity index is 1.44. The van der Waals surface area contributed by atoms with Gasteiger partial charge in [-0.1, -0.05) is 24.3 Å². The van der Waals surface area contributed by atoms with Crippen LogP contribution in [-0.2, 0) is 0 Å². The van der Waals surface area contributed by atoms with Crippen LogP contribution in [0.3, 0.4) is 0 Å². The van der Waals surface area contributed by atoms with E-state index < -0.39 is 0 Å². The molecule has 0 bridgehead atoms. The molecule has 0 aliphatic heterocycles. The fraction of sp³-hybridized carbons (Fsp3) is 0.0500. The molecule has 0 saturated carbocycles. The number of amides is 1. The zero-order valence-corrected chi connectivity index (χ0v) is 15.6. The highest BCUT2D eigenvalue weighted by Crippen LogP contribution is 2.24. The summed E-state index contributed by atoms with van der Waals surface area (Å²) in [5.41, 5.74) is 3.86. The summed E-state index contributed by atoms with van der Waals surface area (Å²) in [5, 5.41) is 16.0. The molecule has 0 aliphatic carbocycles. The van der Waals surface area contributed by atoms with E-state index in [0.29, 0.717) is 16.3 Å². The third kappa shape index (κ3) is 2.89. The van der Waals surface area contributed by atoms with Gasteiger partial charge in [-0.15, -0.1) is 21.5 Å². The van der Waals surface area contributed by atoms with Crippen LogP contribution in [-0.4, -0.2) is 30.7 Å². The summed E-state index contributed by atoms with van der Waals surface area (Å²) < 4.78 is 2.69. The molecule has 5 aromatic rings. The highest BCUT2D eigenvalue weighted by molar-refractivity contribution is 7.20. The number of carbonyl (C=O) groups is 1. The lowest BCUT2D eigenvalue weighted by molar-refractivity contribution is 0.102. The summed E-state index contributed by atoms with van der Waals surface area (Å²) in [6.45, 7) is 1.85. The lowest BCUT2D eigenvalue weighted by atomic mass is 10.1. The molecule has 0 spiro atoms. The van der Waals surface area contributed by atoms with E-state index in [9.17, 15) is 4.79 Å². The average molecular weight is 386 g/mol. The molecular formula is C20H14N6OS. The molecule has 0 atom stereocenters. The van der Waals surface area contributed by atoms with Gasteiger partial charge in [0.15, 0.2) is 16.5 Å². The zero-order chi connectivity index (χ0) is 19.1. The molecule has 0 unspecified atom stereocenters. The number of aryl methyl sites for hydroxylation is 1. The van der Waals surface area contributed by atoms with E-state index in [1.54, 1.807) is 4.52 Å². The van der Waals surface area contributed by atoms with Crippen molar-refractivity contribution in [3.8, 4) is 11.3 Å². The van der Waals surface area contributed by atoms with E-state index in [1.807, 2.05) is 67.6 Å². The number of rotatable bonds is 3. The molecule has 3 heterocycles. The Morgan fingerprint density at radius 3 is 2.82 bits per heavy atom. The Labute approximate surface area is 163 Å². The maximum atomic E-state index is 12.6. The molecule has 3 aromatic heterocycles. The molecule has 0 fully saturated rings. The Morgan fingerprint density at radius 1 is 1.04 bits per heavy atom. The molecular weight excluding hydrogens is 372 g/mol. The Hall–Kier alpha value is -3.65. The van der Waals surface area contributed by atoms with Crippen LogP contribution in [0.5, 0.6) is 0 Å². The number of nitrogens with zero attached hydrogens (tertiary/aromatic N) is 5. The van der Waals surface area contributed by atoms with Crippen LogP contribution in [0.15, 0.2) is 60.7 Å². The van der Waals surface area contributed by atoms with Crippen LogP contribution < -0.4 is 5.32 Å². The highest BCUT2D eigenvalue weighted by Gasteiger charge is 2.13. The minimum Gasteiger partial charge on any atom is -0.320 e. The second-order valence-corrected chi connectivity index (χ2v) is 7.29. The molecule has 5 rings (SSSR count). The third-order valence-electron chi connectivity index (χ3n) is 4.32. The SMILES string of the molecule is Cc1nnc2ccc(-c3cccc(NC(=O)c4nc5ccccc5s4)c3)nn12. The second kappa shape index (κ2) is 6.50. The lowest BCUT2D eigenvalue weighted by Gasteiger charge is -2.06. The number of hydrogen-bond acceptors (Lipinski definition) is 6. The first kappa shape index (κ1) is 16.5. The topological polar surface area (TPSA) is 85.1 Å². The molecule has 1 amide bonds. The highest BCUT2D eigenvalue weighted by atomic mass is 32.1. The maximum absolute atomic E-state index is 12.6. The van der Waals surface area contributed by atoms with Gasteiger partial charge < -0.3 is 5.32 Å². The number of thiazole rings is 1. The monoisotopic (exact) mass is 386 g/mol. The van der Waals surface area contributed by atoms with Crippen molar-refractivity contribution in [1.29, 1.82) is 0 Å². The normalized spacial score (nSPS) is 11.2. The van der Waals surface area contributed by atoms with Crippen molar-refractivity contribution >= 4 is 38.8 Å². The summed E-state index contributed by atoms with van der Waals surface area (Å²) in [6.07, 6.45) is 0. The summed E-state index contributed by atoms with van der Waals surface area (Å²) in [7, 11) is 0. The second-order valence-electron chi connectivity index (χ2n) is 6.26. The number of carbonyl (C=O) groups excluding carboxylic acids is 1. The van der Waals surface area contributed by atoms with Gasteiger partial charge in [-0.25, -0.2) is 4.98 Å². The number of para-hydroxylation sites is 1. The first-order chi connectivity index (χ1) is 13.7. The van der Waals surface area contributed by atoms with Crippen molar-refractivity contribution in [2.24, 2.45) is 0 Å². The van der Waals surface area contributed by atoms with Gasteiger partial charge in [-0.2, -0.15) is 9.61 Å². The van der Waals surface area contributed by atoms with E-state index in [1.165, 1.54) is 11.3 Å². The molecule has 0 aliphatic rings. The van der Waals surface area contributed by atoms with Crippen LogP contribution in [0.1, 0.15) is 15.6 Å². The standard InChI is InChI=1S/C20H14N6OS/c1-12-23-24-18-10-9-15(25-26(12)18)13-5-4-6-14(11-13)21-19(27)20-22-16-7-2-3-8-17(16)28-20/h2-11H,1H3,(H,21,27). The van der Waals surface area contributed by atoms with Crippen molar-refractivity contribution in [2.75, 3.05) is 5.32 Å². The van der Waals surface area contributed by atoms with E-state index in [0.717, 1.165) is 27.3 Å². The summed E-state index contributed by atoms with van der Waals surface area (Å²) >= 11 is 1.38. The predicted molar refractivity (Wildman–Crippen MR) is 109 cm³/mol. The van der Waals surface area contributed by atoms with Crippen LogP contribution in [0.25, 0.3) is 27.1 Å². The molecule has 2 aromatic carbocycles. The van der Waals surface area contributed by atoms with E-state index in [-0.39, 0.29) is 5.91 Å². The lowest BCUT2D eigenvalue weighted by Crippen LogP contribution is -2.11. The van der Waals surface area contributed by atoms with E-state index in [2.05, 4.69) is 25.6 Å². The average Bonchev–Trinajstić information content (AvgIpc) is 3.32. The molecule has 0 saturated heterocycles. The first-order valence-corrected chi connectivity index (χ1v) is 9.45. The van der Waals surface area contributed by atoms with Crippen molar-refractivity contribution in [3.63, 3.8) is 0 Å². The fourth-order valence-electron chi connectivity index (χ4n) is 2.96. The van der Waals surface area contributed by atoms with Crippen LogP contribution in [0.4, 0.5) is 5.69 Å². The molecule has 8 heteroatoms. The Kier molecular flexibility index (Phi) is 3.84. The number of anilines is 1. The molecule has 1 N–H and O–H groups in total. The number of hydrogen-bond donors (Lipinski definition) is 1.